The fourth-order valence-electron chi connectivity index (χ4n) is 3.11. The van der Waals surface area contributed by atoms with Crippen molar-refractivity contribution in [2.45, 2.75) is 38.1 Å². The van der Waals surface area contributed by atoms with E-state index in [4.69, 9.17) is 0 Å². The fraction of sp³-hybridized carbons (Fsp3) is 0.500. The van der Waals surface area contributed by atoms with Crippen LogP contribution in [-0.2, 0) is 0 Å². The highest BCUT2D eigenvalue weighted by atomic mass is 16.2. The normalized spacial score (nSPS) is 25.2. The molecule has 1 fully saturated rings. The molecular formula is C14H17NO. The van der Waals surface area contributed by atoms with Crippen molar-refractivity contribution in [2.24, 2.45) is 5.92 Å². The Morgan fingerprint density at radius 2 is 1.81 bits per heavy atom. The standard InChI is InChI=1S/C14H17NO/c16-14-12-9-5-4-8-11(12)13(15-14)10-6-2-1-3-7-10/h4-5,8-10,13H,1-3,6-7H2,(H,15,16). The van der Waals surface area contributed by atoms with Gasteiger partial charge < -0.3 is 5.32 Å². The molecule has 1 aliphatic heterocycles. The monoisotopic (exact) mass is 215 g/mol. The Labute approximate surface area is 96.1 Å². The maximum Gasteiger partial charge on any atom is 0.252 e. The minimum atomic E-state index is 0.117. The molecule has 0 spiro atoms. The first-order chi connectivity index (χ1) is 7.86. The number of fused-ring (bicyclic) bond motifs is 1. The average Bonchev–Trinajstić information content (AvgIpc) is 2.69. The van der Waals surface area contributed by atoms with Gasteiger partial charge in [0.05, 0.1) is 6.04 Å². The summed E-state index contributed by atoms with van der Waals surface area (Å²) < 4.78 is 0. The maximum atomic E-state index is 11.8. The number of amides is 1. The molecule has 1 aromatic rings. The number of carbonyl (C=O) groups is 1. The zero-order valence-corrected chi connectivity index (χ0v) is 9.41. The molecule has 2 aliphatic rings. The molecule has 0 radical (unpaired) electrons. The number of hydrogen-bond acceptors (Lipinski definition) is 1. The van der Waals surface area contributed by atoms with E-state index in [1.807, 2.05) is 18.2 Å². The van der Waals surface area contributed by atoms with Gasteiger partial charge in [0.15, 0.2) is 0 Å². The van der Waals surface area contributed by atoms with Gasteiger partial charge in [-0.15, -0.1) is 0 Å². The van der Waals surface area contributed by atoms with Crippen molar-refractivity contribution in [3.8, 4) is 0 Å². The summed E-state index contributed by atoms with van der Waals surface area (Å²) in [6.45, 7) is 0. The van der Waals surface area contributed by atoms with Crippen molar-refractivity contribution in [1.82, 2.24) is 5.32 Å². The van der Waals surface area contributed by atoms with Crippen LogP contribution in [0.25, 0.3) is 0 Å². The first kappa shape index (κ1) is 9.88. The predicted molar refractivity (Wildman–Crippen MR) is 63.2 cm³/mol. The summed E-state index contributed by atoms with van der Waals surface area (Å²) in [4.78, 5) is 11.8. The van der Waals surface area contributed by atoms with Gasteiger partial charge in [-0.2, -0.15) is 0 Å². The van der Waals surface area contributed by atoms with E-state index in [1.165, 1.54) is 37.7 Å². The van der Waals surface area contributed by atoms with Crippen molar-refractivity contribution in [3.63, 3.8) is 0 Å². The second-order valence-electron chi connectivity index (χ2n) is 4.94. The largest absolute Gasteiger partial charge is 0.345 e. The molecule has 1 unspecified atom stereocenters. The molecule has 1 saturated carbocycles. The van der Waals surface area contributed by atoms with Gasteiger partial charge in [0, 0.05) is 5.56 Å². The number of nitrogens with one attached hydrogen (secondary N) is 1. The molecule has 1 N–H and O–H groups in total. The summed E-state index contributed by atoms with van der Waals surface area (Å²) in [5.41, 5.74) is 2.11. The lowest BCUT2D eigenvalue weighted by Gasteiger charge is -2.27. The molecule has 3 rings (SSSR count). The average molecular weight is 215 g/mol. The Morgan fingerprint density at radius 1 is 1.06 bits per heavy atom. The van der Waals surface area contributed by atoms with Crippen molar-refractivity contribution in [1.29, 1.82) is 0 Å². The molecule has 2 heteroatoms. The molecule has 2 nitrogen and oxygen atoms in total. The Morgan fingerprint density at radius 3 is 2.62 bits per heavy atom. The van der Waals surface area contributed by atoms with E-state index < -0.39 is 0 Å². The van der Waals surface area contributed by atoms with Gasteiger partial charge in [0.1, 0.15) is 0 Å². The van der Waals surface area contributed by atoms with E-state index in [2.05, 4.69) is 11.4 Å². The summed E-state index contributed by atoms with van der Waals surface area (Å²) in [5.74, 6) is 0.771. The summed E-state index contributed by atoms with van der Waals surface area (Å²) in [6.07, 6.45) is 6.52. The van der Waals surface area contributed by atoms with Crippen molar-refractivity contribution >= 4 is 5.91 Å². The lowest BCUT2D eigenvalue weighted by Crippen LogP contribution is -2.27. The van der Waals surface area contributed by atoms with Crippen LogP contribution in [0.1, 0.15) is 54.1 Å². The Hall–Kier alpha value is -1.31. The number of carbonyl (C=O) groups excluding carboxylic acids is 1. The second kappa shape index (κ2) is 3.93. The number of benzene rings is 1. The molecule has 0 aromatic heterocycles. The molecular weight excluding hydrogens is 198 g/mol. The van der Waals surface area contributed by atoms with Crippen molar-refractivity contribution in [3.05, 3.63) is 35.4 Å². The minimum Gasteiger partial charge on any atom is -0.345 e. The van der Waals surface area contributed by atoms with Gasteiger partial charge in [-0.3, -0.25) is 4.79 Å². The Kier molecular flexibility index (Phi) is 2.43. The third-order valence-corrected chi connectivity index (χ3v) is 3.95. The molecule has 1 aliphatic carbocycles. The third-order valence-electron chi connectivity index (χ3n) is 3.95. The molecule has 16 heavy (non-hydrogen) atoms. The van der Waals surface area contributed by atoms with Crippen LogP contribution >= 0.6 is 0 Å². The lowest BCUT2D eigenvalue weighted by molar-refractivity contribution is 0.0940. The zero-order valence-electron chi connectivity index (χ0n) is 9.41. The molecule has 1 heterocycles. The molecule has 0 bridgehead atoms. The van der Waals surface area contributed by atoms with E-state index >= 15 is 0 Å². The van der Waals surface area contributed by atoms with Gasteiger partial charge in [-0.1, -0.05) is 37.5 Å². The van der Waals surface area contributed by atoms with E-state index in [9.17, 15) is 4.79 Å². The maximum absolute atomic E-state index is 11.8. The van der Waals surface area contributed by atoms with Crippen molar-refractivity contribution < 1.29 is 4.79 Å². The zero-order chi connectivity index (χ0) is 11.0. The van der Waals surface area contributed by atoms with E-state index in [1.54, 1.807) is 0 Å². The van der Waals surface area contributed by atoms with Crippen LogP contribution in [0.3, 0.4) is 0 Å². The smallest absolute Gasteiger partial charge is 0.252 e. The van der Waals surface area contributed by atoms with Crippen LogP contribution in [0.5, 0.6) is 0 Å². The Bertz CT molecular complexity index is 407. The first-order valence-corrected chi connectivity index (χ1v) is 6.26. The molecule has 1 amide bonds. The summed E-state index contributed by atoms with van der Waals surface area (Å²) in [6, 6.07) is 8.31. The highest BCUT2D eigenvalue weighted by Crippen LogP contribution is 2.38. The topological polar surface area (TPSA) is 29.1 Å². The quantitative estimate of drug-likeness (QED) is 0.766. The van der Waals surface area contributed by atoms with E-state index in [0.717, 1.165) is 5.56 Å². The second-order valence-corrected chi connectivity index (χ2v) is 4.94. The van der Waals surface area contributed by atoms with Gasteiger partial charge in [-0.05, 0) is 30.4 Å². The van der Waals surface area contributed by atoms with Gasteiger partial charge in [0.2, 0.25) is 0 Å². The number of rotatable bonds is 1. The van der Waals surface area contributed by atoms with E-state index in [-0.39, 0.29) is 11.9 Å². The van der Waals surface area contributed by atoms with Crippen LogP contribution in [0.15, 0.2) is 24.3 Å². The van der Waals surface area contributed by atoms with Crippen molar-refractivity contribution in [2.75, 3.05) is 0 Å². The SMILES string of the molecule is O=C1NC(C2CCCCC2)c2ccccc21. The van der Waals surface area contributed by atoms with Gasteiger partial charge in [-0.25, -0.2) is 0 Å². The molecule has 0 saturated heterocycles. The predicted octanol–water partition coefficient (Wildman–Crippen LogP) is 3.05. The Balaban J connectivity index is 1.90. The first-order valence-electron chi connectivity index (χ1n) is 6.26. The number of hydrogen-bond donors (Lipinski definition) is 1. The van der Waals surface area contributed by atoms with Gasteiger partial charge in [0.25, 0.3) is 5.91 Å². The van der Waals surface area contributed by atoms with Crippen LogP contribution < -0.4 is 5.32 Å². The summed E-state index contributed by atoms with van der Waals surface area (Å²) in [5, 5.41) is 3.15. The molecule has 84 valence electrons. The molecule has 1 atom stereocenters. The lowest BCUT2D eigenvalue weighted by atomic mass is 9.81. The highest BCUT2D eigenvalue weighted by Gasteiger charge is 2.34. The van der Waals surface area contributed by atoms with Gasteiger partial charge >= 0.3 is 0 Å². The summed E-state index contributed by atoms with van der Waals surface area (Å²) >= 11 is 0. The van der Waals surface area contributed by atoms with Crippen LogP contribution in [0.2, 0.25) is 0 Å². The van der Waals surface area contributed by atoms with E-state index in [0.29, 0.717) is 5.92 Å². The third kappa shape index (κ3) is 1.53. The summed E-state index contributed by atoms with van der Waals surface area (Å²) in [7, 11) is 0. The molecule has 1 aromatic carbocycles. The van der Waals surface area contributed by atoms with Crippen LogP contribution in [-0.4, -0.2) is 5.91 Å². The van der Waals surface area contributed by atoms with Crippen LogP contribution in [0, 0.1) is 5.92 Å². The van der Waals surface area contributed by atoms with Crippen LogP contribution in [0.4, 0.5) is 0 Å². The fourth-order valence-corrected chi connectivity index (χ4v) is 3.11. The highest BCUT2D eigenvalue weighted by molar-refractivity contribution is 5.99. The minimum absolute atomic E-state index is 0.117.